The summed E-state index contributed by atoms with van der Waals surface area (Å²) >= 11 is 1.32. The van der Waals surface area contributed by atoms with E-state index in [0.717, 1.165) is 42.7 Å². The minimum absolute atomic E-state index is 0. The molecule has 1 heterocycles. The van der Waals surface area contributed by atoms with Gasteiger partial charge in [0.1, 0.15) is 4.88 Å². The van der Waals surface area contributed by atoms with Gasteiger partial charge in [0.05, 0.1) is 13.2 Å². The molecule has 0 aliphatic heterocycles. The van der Waals surface area contributed by atoms with Crippen molar-refractivity contribution in [3.8, 4) is 0 Å². The molecule has 0 saturated heterocycles. The predicted octanol–water partition coefficient (Wildman–Crippen LogP) is 3.92. The summed E-state index contributed by atoms with van der Waals surface area (Å²) in [7, 11) is 0. The first-order chi connectivity index (χ1) is 10.6. The van der Waals surface area contributed by atoms with Gasteiger partial charge >= 0.3 is 5.97 Å². The molecule has 0 saturated carbocycles. The van der Waals surface area contributed by atoms with Crippen molar-refractivity contribution in [1.29, 1.82) is 0 Å². The van der Waals surface area contributed by atoms with Crippen LogP contribution < -0.4 is 0 Å². The Morgan fingerprint density at radius 3 is 2.61 bits per heavy atom. The fourth-order valence-electron chi connectivity index (χ4n) is 2.38. The Morgan fingerprint density at radius 1 is 1.22 bits per heavy atom. The van der Waals surface area contributed by atoms with E-state index in [1.54, 1.807) is 6.07 Å². The summed E-state index contributed by atoms with van der Waals surface area (Å²) in [5.74, 6) is -0.859. The van der Waals surface area contributed by atoms with Crippen LogP contribution in [-0.2, 0) is 11.2 Å². The Hall–Kier alpha value is -1.14. The van der Waals surface area contributed by atoms with Gasteiger partial charge in [0.15, 0.2) is 0 Å². The van der Waals surface area contributed by atoms with Crippen molar-refractivity contribution in [3.63, 3.8) is 0 Å². The Kier molecular flexibility index (Phi) is 8.55. The third-order valence-electron chi connectivity index (χ3n) is 3.77. The number of hydrogen-bond acceptors (Lipinski definition) is 4. The number of fused-ring (bicyclic) bond motifs is 1. The van der Waals surface area contributed by atoms with Crippen LogP contribution in [0, 0.1) is 0 Å². The molecule has 4 nitrogen and oxygen atoms in total. The van der Waals surface area contributed by atoms with Crippen LogP contribution in [-0.4, -0.2) is 48.8 Å². The van der Waals surface area contributed by atoms with Crippen LogP contribution in [0.5, 0.6) is 0 Å². The maximum Gasteiger partial charge on any atom is 0.345 e. The fourth-order valence-corrected chi connectivity index (χ4v) is 3.26. The highest BCUT2D eigenvalue weighted by molar-refractivity contribution is 7.20. The van der Waals surface area contributed by atoms with Crippen LogP contribution in [0.4, 0.5) is 0 Å². The largest absolute Gasteiger partial charge is 0.477 e. The summed E-state index contributed by atoms with van der Waals surface area (Å²) in [5, 5.41) is 10.0. The van der Waals surface area contributed by atoms with E-state index in [9.17, 15) is 4.79 Å². The Balaban J connectivity index is 0.00000264. The molecule has 0 fully saturated rings. The smallest absolute Gasteiger partial charge is 0.345 e. The van der Waals surface area contributed by atoms with E-state index in [1.807, 2.05) is 6.07 Å². The third kappa shape index (κ3) is 5.77. The van der Waals surface area contributed by atoms with E-state index in [1.165, 1.54) is 16.9 Å². The highest BCUT2D eigenvalue weighted by Crippen LogP contribution is 2.26. The van der Waals surface area contributed by atoms with Crippen molar-refractivity contribution in [2.75, 3.05) is 32.8 Å². The topological polar surface area (TPSA) is 49.8 Å². The van der Waals surface area contributed by atoms with Gasteiger partial charge in [-0.3, -0.25) is 0 Å². The molecule has 0 amide bonds. The van der Waals surface area contributed by atoms with Gasteiger partial charge in [0, 0.05) is 11.2 Å². The molecule has 0 bridgehead atoms. The number of carboxylic acid groups (broad SMARTS) is 1. The van der Waals surface area contributed by atoms with E-state index < -0.39 is 5.97 Å². The van der Waals surface area contributed by atoms with Gasteiger partial charge < -0.3 is 14.7 Å². The molecule has 1 aromatic heterocycles. The molecular weight excluding hydrogens is 334 g/mol. The quantitative estimate of drug-likeness (QED) is 0.691. The van der Waals surface area contributed by atoms with Crippen molar-refractivity contribution in [2.24, 2.45) is 0 Å². The number of benzene rings is 1. The van der Waals surface area contributed by atoms with Gasteiger partial charge in [-0.2, -0.15) is 0 Å². The zero-order valence-electron chi connectivity index (χ0n) is 13.6. The highest BCUT2D eigenvalue weighted by Gasteiger charge is 2.08. The monoisotopic (exact) mass is 357 g/mol. The van der Waals surface area contributed by atoms with Gasteiger partial charge in [-0.1, -0.05) is 26.0 Å². The zero-order chi connectivity index (χ0) is 15.9. The van der Waals surface area contributed by atoms with Crippen molar-refractivity contribution >= 4 is 39.8 Å². The molecule has 0 aliphatic carbocycles. The predicted molar refractivity (Wildman–Crippen MR) is 98.3 cm³/mol. The summed E-state index contributed by atoms with van der Waals surface area (Å²) in [5.41, 5.74) is 1.19. The number of likely N-dealkylation sites (N-methyl/N-ethyl adjacent to an activating group) is 1. The second-order valence-corrected chi connectivity index (χ2v) is 6.26. The van der Waals surface area contributed by atoms with E-state index in [2.05, 4.69) is 30.9 Å². The lowest BCUT2D eigenvalue weighted by molar-refractivity contribution is 0.0702. The standard InChI is InChI=1S/C17H23NO3S.ClH/c1-3-18(4-2)8-10-21-9-7-13-5-6-15-14(11-13)12-16(22-15)17(19)20;/h5-6,11-12H,3-4,7-10H2,1-2H3,(H,19,20);1H. The van der Waals surface area contributed by atoms with E-state index >= 15 is 0 Å². The molecule has 2 rings (SSSR count). The van der Waals surface area contributed by atoms with Crippen LogP contribution in [0.2, 0.25) is 0 Å². The van der Waals surface area contributed by atoms with Crippen LogP contribution >= 0.6 is 23.7 Å². The highest BCUT2D eigenvalue weighted by atomic mass is 35.5. The molecule has 0 atom stereocenters. The van der Waals surface area contributed by atoms with Crippen LogP contribution in [0.3, 0.4) is 0 Å². The Labute approximate surface area is 147 Å². The number of hydrogen-bond donors (Lipinski definition) is 1. The van der Waals surface area contributed by atoms with Gasteiger partial charge in [-0.05, 0) is 42.6 Å². The molecule has 1 N–H and O–H groups in total. The second-order valence-electron chi connectivity index (χ2n) is 5.18. The minimum atomic E-state index is -0.859. The number of carbonyl (C=O) groups is 1. The van der Waals surface area contributed by atoms with Gasteiger partial charge in [0.25, 0.3) is 0 Å². The normalized spacial score (nSPS) is 10.9. The molecular formula is C17H24ClNO3S. The number of ether oxygens (including phenoxy) is 1. The SMILES string of the molecule is CCN(CC)CCOCCc1ccc2sc(C(=O)O)cc2c1.Cl. The molecule has 23 heavy (non-hydrogen) atoms. The Morgan fingerprint density at radius 2 is 1.96 bits per heavy atom. The molecule has 0 spiro atoms. The maximum atomic E-state index is 11.0. The number of aromatic carboxylic acids is 1. The Bertz CT molecular complexity index is 625. The number of carboxylic acids is 1. The van der Waals surface area contributed by atoms with Crippen LogP contribution in [0.15, 0.2) is 24.3 Å². The molecule has 0 unspecified atom stereocenters. The first-order valence-electron chi connectivity index (χ1n) is 7.70. The number of nitrogens with zero attached hydrogens (tertiary/aromatic N) is 1. The van der Waals surface area contributed by atoms with Gasteiger partial charge in [-0.25, -0.2) is 4.79 Å². The number of thiophene rings is 1. The molecule has 0 radical (unpaired) electrons. The van der Waals surface area contributed by atoms with Crippen molar-refractivity contribution in [2.45, 2.75) is 20.3 Å². The van der Waals surface area contributed by atoms with Crippen molar-refractivity contribution in [1.82, 2.24) is 4.90 Å². The second kappa shape index (κ2) is 9.88. The number of halogens is 1. The first kappa shape index (κ1) is 19.9. The third-order valence-corrected chi connectivity index (χ3v) is 4.88. The maximum absolute atomic E-state index is 11.0. The summed E-state index contributed by atoms with van der Waals surface area (Å²) < 4.78 is 6.71. The average Bonchev–Trinajstić information content (AvgIpc) is 2.94. The summed E-state index contributed by atoms with van der Waals surface area (Å²) in [6, 6.07) is 7.86. The molecule has 6 heteroatoms. The van der Waals surface area contributed by atoms with Crippen LogP contribution in [0.1, 0.15) is 29.1 Å². The molecule has 128 valence electrons. The van der Waals surface area contributed by atoms with E-state index in [-0.39, 0.29) is 12.4 Å². The lowest BCUT2D eigenvalue weighted by atomic mass is 10.1. The minimum Gasteiger partial charge on any atom is -0.477 e. The summed E-state index contributed by atoms with van der Waals surface area (Å²) in [4.78, 5) is 13.7. The first-order valence-corrected chi connectivity index (χ1v) is 8.51. The average molecular weight is 358 g/mol. The lowest BCUT2D eigenvalue weighted by Gasteiger charge is -2.17. The summed E-state index contributed by atoms with van der Waals surface area (Å²) in [6.07, 6.45) is 0.854. The van der Waals surface area contributed by atoms with E-state index in [4.69, 9.17) is 9.84 Å². The zero-order valence-corrected chi connectivity index (χ0v) is 15.2. The van der Waals surface area contributed by atoms with Gasteiger partial charge in [-0.15, -0.1) is 23.7 Å². The van der Waals surface area contributed by atoms with Crippen molar-refractivity contribution < 1.29 is 14.6 Å². The molecule has 0 aliphatic rings. The number of rotatable bonds is 9. The van der Waals surface area contributed by atoms with Crippen molar-refractivity contribution in [3.05, 3.63) is 34.7 Å². The summed E-state index contributed by atoms with van der Waals surface area (Å²) in [6.45, 7) is 8.85. The van der Waals surface area contributed by atoms with Crippen LogP contribution in [0.25, 0.3) is 10.1 Å². The fraction of sp³-hybridized carbons (Fsp3) is 0.471. The molecule has 2 aromatic rings. The molecule has 1 aromatic carbocycles. The van der Waals surface area contributed by atoms with Gasteiger partial charge in [0.2, 0.25) is 0 Å². The lowest BCUT2D eigenvalue weighted by Crippen LogP contribution is -2.27. The van der Waals surface area contributed by atoms with E-state index in [0.29, 0.717) is 11.5 Å².